The highest BCUT2D eigenvalue weighted by molar-refractivity contribution is 6.30. The Morgan fingerprint density at radius 3 is 2.57 bits per heavy atom. The second-order valence-electron chi connectivity index (χ2n) is 9.43. The lowest BCUT2D eigenvalue weighted by atomic mass is 9.70. The number of piperidine rings is 1. The Labute approximate surface area is 221 Å². The van der Waals surface area contributed by atoms with Gasteiger partial charge in [0.15, 0.2) is 11.6 Å². The number of halogens is 3. The second-order valence-corrected chi connectivity index (χ2v) is 9.86. The number of hydrogen-bond acceptors (Lipinski definition) is 4. The van der Waals surface area contributed by atoms with Crippen LogP contribution in [0.5, 0.6) is 5.88 Å². The number of fused-ring (bicyclic) bond motifs is 1. The molecule has 3 atom stereocenters. The maximum atomic E-state index is 13.8. The summed E-state index contributed by atoms with van der Waals surface area (Å²) in [4.78, 5) is 4.74. The van der Waals surface area contributed by atoms with Crippen LogP contribution in [-0.2, 0) is 6.42 Å². The molecule has 0 aliphatic carbocycles. The fraction of sp³-hybridized carbons (Fsp3) is 0.300. The van der Waals surface area contributed by atoms with Gasteiger partial charge in [-0.25, -0.2) is 13.8 Å². The summed E-state index contributed by atoms with van der Waals surface area (Å²) < 4.78 is 33.0. The first-order valence-corrected chi connectivity index (χ1v) is 12.3. The molecule has 0 saturated carbocycles. The molecule has 0 radical (unpaired) electrons. The molecular weight excluding hydrogens is 494 g/mol. The van der Waals surface area contributed by atoms with Gasteiger partial charge in [0.05, 0.1) is 18.2 Å². The fourth-order valence-electron chi connectivity index (χ4n) is 5.37. The number of rotatable bonds is 6. The molecule has 1 saturated heterocycles. The van der Waals surface area contributed by atoms with E-state index in [0.717, 1.165) is 28.1 Å². The van der Waals surface area contributed by atoms with Crippen molar-refractivity contribution in [3.63, 3.8) is 0 Å². The molecule has 2 heterocycles. The van der Waals surface area contributed by atoms with Crippen LogP contribution in [0.15, 0.2) is 72.8 Å². The molecule has 3 aromatic carbocycles. The lowest BCUT2D eigenvalue weighted by Gasteiger charge is -2.43. The minimum absolute atomic E-state index is 0. The van der Waals surface area contributed by atoms with Gasteiger partial charge < -0.3 is 15.2 Å². The van der Waals surface area contributed by atoms with E-state index in [2.05, 4.69) is 5.32 Å². The van der Waals surface area contributed by atoms with E-state index in [4.69, 9.17) is 21.3 Å². The van der Waals surface area contributed by atoms with Gasteiger partial charge >= 0.3 is 0 Å². The van der Waals surface area contributed by atoms with E-state index in [-0.39, 0.29) is 13.5 Å². The highest BCUT2D eigenvalue weighted by Gasteiger charge is 2.44. The van der Waals surface area contributed by atoms with E-state index in [1.54, 1.807) is 13.2 Å². The molecule has 1 aliphatic heterocycles. The van der Waals surface area contributed by atoms with Crippen molar-refractivity contribution in [2.75, 3.05) is 13.7 Å². The largest absolute Gasteiger partial charge is 0.481 e. The van der Waals surface area contributed by atoms with Crippen LogP contribution < -0.4 is 10.1 Å². The number of aliphatic hydroxyl groups is 1. The number of aromatic nitrogens is 1. The zero-order valence-corrected chi connectivity index (χ0v) is 20.6. The number of ether oxygens (including phenoxy) is 1. The summed E-state index contributed by atoms with van der Waals surface area (Å²) in [6.45, 7) is 0.568. The number of hydrogen-bond donors (Lipinski definition) is 2. The van der Waals surface area contributed by atoms with Gasteiger partial charge in [-0.1, -0.05) is 55.4 Å². The minimum Gasteiger partial charge on any atom is -0.481 e. The molecule has 7 heteroatoms. The van der Waals surface area contributed by atoms with Crippen LogP contribution >= 0.6 is 11.6 Å². The summed E-state index contributed by atoms with van der Waals surface area (Å²) in [5.74, 6) is -1.73. The normalized spacial score (nSPS) is 20.3. The molecule has 1 aliphatic rings. The van der Waals surface area contributed by atoms with E-state index in [1.165, 1.54) is 6.07 Å². The molecule has 37 heavy (non-hydrogen) atoms. The summed E-state index contributed by atoms with van der Waals surface area (Å²) in [6, 6.07) is 21.1. The van der Waals surface area contributed by atoms with Gasteiger partial charge in [-0.05, 0) is 73.3 Å². The zero-order chi connectivity index (χ0) is 25.3. The number of methoxy groups -OCH3 is 1. The summed E-state index contributed by atoms with van der Waals surface area (Å²) in [5, 5.41) is 17.2. The first kappa shape index (κ1) is 27.0. The third-order valence-electron chi connectivity index (χ3n) is 7.02. The van der Waals surface area contributed by atoms with Crippen LogP contribution in [0.1, 0.15) is 42.9 Å². The van der Waals surface area contributed by atoms with Crippen molar-refractivity contribution in [2.24, 2.45) is 0 Å². The van der Waals surface area contributed by atoms with Crippen molar-refractivity contribution >= 4 is 22.5 Å². The Bertz CT molecular complexity index is 1380. The van der Waals surface area contributed by atoms with Crippen LogP contribution in [0.4, 0.5) is 8.78 Å². The number of benzene rings is 3. The van der Waals surface area contributed by atoms with Crippen molar-refractivity contribution in [3.05, 3.63) is 106 Å². The molecule has 1 aromatic heterocycles. The molecular formula is C30H31ClF2N2O2. The smallest absolute Gasteiger partial charge is 0.217 e. The first-order valence-electron chi connectivity index (χ1n) is 11.9. The van der Waals surface area contributed by atoms with E-state index in [0.29, 0.717) is 42.3 Å². The quantitative estimate of drug-likeness (QED) is 0.296. The Morgan fingerprint density at radius 2 is 1.84 bits per heavy atom. The van der Waals surface area contributed by atoms with Crippen LogP contribution in [0.2, 0.25) is 5.02 Å². The predicted molar refractivity (Wildman–Crippen MR) is 144 cm³/mol. The number of nitrogens with zero attached hydrogens (tertiary/aromatic N) is 1. The molecule has 1 fully saturated rings. The second kappa shape index (κ2) is 11.1. The molecule has 4 nitrogen and oxygen atoms in total. The third kappa shape index (κ3) is 5.61. The number of pyridine rings is 1. The standard InChI is InChI=1S/C29H27ClF2N2O2.CH4/c1-36-28-23(16-20-4-2-3-5-26(20)34-28)27(19-7-9-21(30)10-8-19)29(35)12-13-33-22(17-29)14-18-6-11-24(31)25(32)15-18;/h2-11,15-16,22,27,33,35H,12-14,17H2,1H3;1H4. The zero-order valence-electron chi connectivity index (χ0n) is 19.8. The van der Waals surface area contributed by atoms with Crippen molar-refractivity contribution in [2.45, 2.75) is 44.2 Å². The topological polar surface area (TPSA) is 54.4 Å². The monoisotopic (exact) mass is 524 g/mol. The van der Waals surface area contributed by atoms with E-state index in [9.17, 15) is 13.9 Å². The maximum absolute atomic E-state index is 13.8. The van der Waals surface area contributed by atoms with Gasteiger partial charge in [-0.2, -0.15) is 0 Å². The Morgan fingerprint density at radius 1 is 1.08 bits per heavy atom. The summed E-state index contributed by atoms with van der Waals surface area (Å²) in [7, 11) is 1.58. The molecule has 5 rings (SSSR count). The van der Waals surface area contributed by atoms with Crippen molar-refractivity contribution in [1.82, 2.24) is 10.3 Å². The summed E-state index contributed by atoms with van der Waals surface area (Å²) in [5.41, 5.74) is 2.00. The Balaban J connectivity index is 0.00000320. The molecule has 0 bridgehead atoms. The lowest BCUT2D eigenvalue weighted by Crippen LogP contribution is -2.52. The van der Waals surface area contributed by atoms with Gasteiger partial charge in [0.1, 0.15) is 0 Å². The lowest BCUT2D eigenvalue weighted by molar-refractivity contribution is -0.0191. The van der Waals surface area contributed by atoms with Crippen molar-refractivity contribution in [3.8, 4) is 5.88 Å². The van der Waals surface area contributed by atoms with Crippen LogP contribution in [0, 0.1) is 11.6 Å². The molecule has 2 N–H and O–H groups in total. The van der Waals surface area contributed by atoms with Crippen LogP contribution in [-0.4, -0.2) is 35.4 Å². The van der Waals surface area contributed by atoms with Crippen molar-refractivity contribution in [1.29, 1.82) is 0 Å². The number of para-hydroxylation sites is 1. The average molecular weight is 525 g/mol. The summed E-state index contributed by atoms with van der Waals surface area (Å²) >= 11 is 6.19. The maximum Gasteiger partial charge on any atom is 0.217 e. The molecule has 194 valence electrons. The van der Waals surface area contributed by atoms with E-state index in [1.807, 2.05) is 54.6 Å². The molecule has 0 amide bonds. The summed E-state index contributed by atoms with van der Waals surface area (Å²) in [6.07, 6.45) is 1.35. The molecule has 3 unspecified atom stereocenters. The molecule has 4 aromatic rings. The Kier molecular flexibility index (Phi) is 8.12. The van der Waals surface area contributed by atoms with Gasteiger partial charge in [0, 0.05) is 27.9 Å². The first-order chi connectivity index (χ1) is 17.4. The van der Waals surface area contributed by atoms with Gasteiger partial charge in [-0.15, -0.1) is 0 Å². The van der Waals surface area contributed by atoms with Gasteiger partial charge in [-0.3, -0.25) is 0 Å². The Hall–Kier alpha value is -3.06. The highest BCUT2D eigenvalue weighted by atomic mass is 35.5. The van der Waals surface area contributed by atoms with Gasteiger partial charge in [0.25, 0.3) is 0 Å². The number of nitrogens with one attached hydrogen (secondary N) is 1. The van der Waals surface area contributed by atoms with Gasteiger partial charge in [0.2, 0.25) is 5.88 Å². The van der Waals surface area contributed by atoms with E-state index < -0.39 is 23.2 Å². The third-order valence-corrected chi connectivity index (χ3v) is 7.27. The van der Waals surface area contributed by atoms with Crippen LogP contribution in [0.3, 0.4) is 0 Å². The average Bonchev–Trinajstić information content (AvgIpc) is 2.87. The van der Waals surface area contributed by atoms with Crippen LogP contribution in [0.25, 0.3) is 10.9 Å². The highest BCUT2D eigenvalue weighted by Crippen LogP contribution is 2.45. The predicted octanol–water partition coefficient (Wildman–Crippen LogP) is 6.67. The van der Waals surface area contributed by atoms with E-state index >= 15 is 0 Å². The van der Waals surface area contributed by atoms with Crippen molar-refractivity contribution < 1.29 is 18.6 Å². The molecule has 0 spiro atoms. The SMILES string of the molecule is C.COc1nc2ccccc2cc1C(c1ccc(Cl)cc1)C1(O)CCNC(Cc2ccc(F)c(F)c2)C1. The minimum atomic E-state index is -1.15. The fourth-order valence-corrected chi connectivity index (χ4v) is 5.50.